The maximum atomic E-state index is 12.2. The first-order chi connectivity index (χ1) is 11.7. The zero-order chi connectivity index (χ0) is 16.9. The van der Waals surface area contributed by atoms with E-state index in [9.17, 15) is 9.59 Å². The first kappa shape index (κ1) is 16.5. The van der Waals surface area contributed by atoms with Crippen LogP contribution in [-0.2, 0) is 12.8 Å². The van der Waals surface area contributed by atoms with E-state index in [4.69, 9.17) is 4.74 Å². The summed E-state index contributed by atoms with van der Waals surface area (Å²) in [7, 11) is 0. The van der Waals surface area contributed by atoms with Gasteiger partial charge in [-0.15, -0.1) is 11.3 Å². The average Bonchev–Trinajstić information content (AvgIpc) is 3.19. The Hall–Kier alpha value is -2.34. The molecule has 0 saturated carbocycles. The maximum Gasteiger partial charge on any atom is 0.279 e. The Morgan fingerprint density at radius 2 is 2.00 bits per heavy atom. The number of carbonyl (C=O) groups excluding carboxylic acids is 2. The summed E-state index contributed by atoms with van der Waals surface area (Å²) in [5, 5.41) is 0. The zero-order valence-corrected chi connectivity index (χ0v) is 14.4. The van der Waals surface area contributed by atoms with Crippen LogP contribution in [0.4, 0.5) is 0 Å². The Balaban J connectivity index is 1.57. The lowest BCUT2D eigenvalue weighted by Crippen LogP contribution is -2.41. The summed E-state index contributed by atoms with van der Waals surface area (Å²) in [5.74, 6) is 0.000965. The third-order valence-electron chi connectivity index (χ3n) is 3.83. The van der Waals surface area contributed by atoms with E-state index < -0.39 is 0 Å². The molecule has 2 aromatic rings. The number of amides is 2. The fraction of sp³-hybridized carbons (Fsp3) is 0.333. The molecule has 6 heteroatoms. The van der Waals surface area contributed by atoms with Crippen molar-refractivity contribution in [3.05, 3.63) is 51.2 Å². The Morgan fingerprint density at radius 1 is 1.17 bits per heavy atom. The lowest BCUT2D eigenvalue weighted by Gasteiger charge is -2.08. The number of hydrogen-bond acceptors (Lipinski definition) is 4. The largest absolute Gasteiger partial charge is 0.494 e. The predicted octanol–water partition coefficient (Wildman–Crippen LogP) is 3.10. The van der Waals surface area contributed by atoms with Gasteiger partial charge >= 0.3 is 0 Å². The van der Waals surface area contributed by atoms with E-state index in [1.165, 1.54) is 21.8 Å². The summed E-state index contributed by atoms with van der Waals surface area (Å²) in [5.41, 5.74) is 6.64. The molecule has 3 rings (SSSR count). The molecule has 0 fully saturated rings. The fourth-order valence-corrected chi connectivity index (χ4v) is 3.78. The molecule has 1 aliphatic carbocycles. The molecule has 1 aromatic heterocycles. The van der Waals surface area contributed by atoms with Crippen molar-refractivity contribution < 1.29 is 14.3 Å². The number of rotatable bonds is 5. The van der Waals surface area contributed by atoms with Crippen LogP contribution in [-0.4, -0.2) is 18.4 Å². The van der Waals surface area contributed by atoms with E-state index in [2.05, 4.69) is 10.9 Å². The van der Waals surface area contributed by atoms with Gasteiger partial charge in [0.15, 0.2) is 0 Å². The van der Waals surface area contributed by atoms with Crippen LogP contribution < -0.4 is 15.6 Å². The molecular formula is C18H20N2O3S. The van der Waals surface area contributed by atoms with Gasteiger partial charge in [0.05, 0.1) is 11.5 Å². The molecular weight excluding hydrogens is 324 g/mol. The van der Waals surface area contributed by atoms with Crippen LogP contribution >= 0.6 is 11.3 Å². The van der Waals surface area contributed by atoms with E-state index >= 15 is 0 Å². The molecule has 0 saturated heterocycles. The van der Waals surface area contributed by atoms with Crippen LogP contribution in [0, 0.1) is 0 Å². The van der Waals surface area contributed by atoms with Gasteiger partial charge < -0.3 is 4.74 Å². The number of hydrogen-bond donors (Lipinski definition) is 2. The highest BCUT2D eigenvalue weighted by atomic mass is 32.1. The van der Waals surface area contributed by atoms with Gasteiger partial charge in [0.1, 0.15) is 5.75 Å². The van der Waals surface area contributed by atoms with Crippen LogP contribution in [0.25, 0.3) is 0 Å². The Bertz CT molecular complexity index is 733. The third kappa shape index (κ3) is 3.76. The molecule has 0 spiro atoms. The van der Waals surface area contributed by atoms with Gasteiger partial charge in [0.2, 0.25) is 0 Å². The summed E-state index contributed by atoms with van der Waals surface area (Å²) < 4.78 is 5.51. The van der Waals surface area contributed by atoms with E-state index in [0.29, 0.717) is 22.8 Å². The second-order valence-electron chi connectivity index (χ2n) is 5.70. The normalized spacial score (nSPS) is 12.5. The van der Waals surface area contributed by atoms with Crippen molar-refractivity contribution in [2.45, 2.75) is 32.6 Å². The van der Waals surface area contributed by atoms with Gasteiger partial charge in [-0.1, -0.05) is 13.0 Å². The summed E-state index contributed by atoms with van der Waals surface area (Å²) in [6, 6.07) is 8.83. The van der Waals surface area contributed by atoms with Crippen molar-refractivity contribution in [1.82, 2.24) is 10.9 Å². The van der Waals surface area contributed by atoms with Gasteiger partial charge in [0, 0.05) is 10.4 Å². The highest BCUT2D eigenvalue weighted by Crippen LogP contribution is 2.30. The number of fused-ring (bicyclic) bond motifs is 1. The smallest absolute Gasteiger partial charge is 0.279 e. The molecule has 2 amide bonds. The minimum atomic E-state index is -0.366. The molecule has 0 bridgehead atoms. The topological polar surface area (TPSA) is 67.4 Å². The summed E-state index contributed by atoms with van der Waals surface area (Å²) in [4.78, 5) is 26.2. The van der Waals surface area contributed by atoms with Crippen LogP contribution in [0.15, 0.2) is 30.3 Å². The summed E-state index contributed by atoms with van der Waals surface area (Å²) >= 11 is 1.51. The summed E-state index contributed by atoms with van der Waals surface area (Å²) in [6.07, 6.45) is 4.15. The van der Waals surface area contributed by atoms with Gasteiger partial charge in [-0.2, -0.15) is 0 Å². The molecule has 1 heterocycles. The number of benzene rings is 1. The number of aryl methyl sites for hydroxylation is 2. The first-order valence-corrected chi connectivity index (χ1v) is 8.94. The van der Waals surface area contributed by atoms with Gasteiger partial charge in [-0.05, 0) is 55.5 Å². The van der Waals surface area contributed by atoms with Crippen LogP contribution in [0.5, 0.6) is 5.75 Å². The van der Waals surface area contributed by atoms with Crippen LogP contribution in [0.2, 0.25) is 0 Å². The highest BCUT2D eigenvalue weighted by Gasteiger charge is 2.18. The van der Waals surface area contributed by atoms with Crippen molar-refractivity contribution in [1.29, 1.82) is 0 Å². The number of nitrogens with one attached hydrogen (secondary N) is 2. The van der Waals surface area contributed by atoms with Crippen LogP contribution in [0.3, 0.4) is 0 Å². The molecule has 0 unspecified atom stereocenters. The minimum absolute atomic E-state index is 0.277. The lowest BCUT2D eigenvalue weighted by atomic mass is 10.2. The fourth-order valence-electron chi connectivity index (χ4n) is 2.64. The van der Waals surface area contributed by atoms with E-state index in [1.54, 1.807) is 24.3 Å². The van der Waals surface area contributed by atoms with Crippen LogP contribution in [0.1, 0.15) is 50.2 Å². The summed E-state index contributed by atoms with van der Waals surface area (Å²) in [6.45, 7) is 2.62. The Kier molecular flexibility index (Phi) is 5.15. The van der Waals surface area contributed by atoms with Crippen molar-refractivity contribution in [2.24, 2.45) is 0 Å². The van der Waals surface area contributed by atoms with E-state index in [1.807, 2.05) is 13.0 Å². The standard InChI is InChI=1S/C18H20N2O3S/c1-2-9-23-14-7-3-6-13(10-14)17(21)19-20-18(22)16-11-12-5-4-8-15(12)24-16/h3,6-7,10-11H,2,4-5,8-9H2,1H3,(H,19,21)(H,20,22). The number of ether oxygens (including phenoxy) is 1. The highest BCUT2D eigenvalue weighted by molar-refractivity contribution is 7.14. The van der Waals surface area contributed by atoms with Crippen molar-refractivity contribution in [3.63, 3.8) is 0 Å². The number of carbonyl (C=O) groups is 2. The Morgan fingerprint density at radius 3 is 2.79 bits per heavy atom. The molecule has 0 aliphatic heterocycles. The molecule has 2 N–H and O–H groups in total. The lowest BCUT2D eigenvalue weighted by molar-refractivity contribution is 0.0848. The third-order valence-corrected chi connectivity index (χ3v) is 5.06. The zero-order valence-electron chi connectivity index (χ0n) is 13.6. The molecule has 126 valence electrons. The maximum absolute atomic E-state index is 12.2. The monoisotopic (exact) mass is 344 g/mol. The molecule has 24 heavy (non-hydrogen) atoms. The van der Waals surface area contributed by atoms with Crippen molar-refractivity contribution in [3.8, 4) is 5.75 Å². The van der Waals surface area contributed by atoms with Gasteiger partial charge in [-0.3, -0.25) is 20.4 Å². The molecule has 1 aliphatic rings. The van der Waals surface area contributed by atoms with E-state index in [-0.39, 0.29) is 11.8 Å². The molecule has 0 atom stereocenters. The molecule has 1 aromatic carbocycles. The predicted molar refractivity (Wildman–Crippen MR) is 93.5 cm³/mol. The minimum Gasteiger partial charge on any atom is -0.494 e. The second-order valence-corrected chi connectivity index (χ2v) is 6.83. The number of thiophene rings is 1. The first-order valence-electron chi connectivity index (χ1n) is 8.12. The second kappa shape index (κ2) is 7.49. The SMILES string of the molecule is CCCOc1cccc(C(=O)NNC(=O)c2cc3c(s2)CCC3)c1. The molecule has 0 radical (unpaired) electrons. The van der Waals surface area contributed by atoms with Gasteiger partial charge in [0.25, 0.3) is 11.8 Å². The Labute approximate surface area is 145 Å². The van der Waals surface area contributed by atoms with E-state index in [0.717, 1.165) is 25.7 Å². The number of hydrazine groups is 1. The van der Waals surface area contributed by atoms with Crippen molar-refractivity contribution in [2.75, 3.05) is 6.61 Å². The van der Waals surface area contributed by atoms with Gasteiger partial charge in [-0.25, -0.2) is 0 Å². The quantitative estimate of drug-likeness (QED) is 0.819. The average molecular weight is 344 g/mol. The van der Waals surface area contributed by atoms with Crippen molar-refractivity contribution >= 4 is 23.2 Å². The molecule has 5 nitrogen and oxygen atoms in total.